The van der Waals surface area contributed by atoms with Crippen molar-refractivity contribution >= 4 is 12.4 Å². The Morgan fingerprint density at radius 2 is 2.08 bits per heavy atom. The number of amides is 1. The Bertz CT molecular complexity index is 184. The van der Waals surface area contributed by atoms with Crippen molar-refractivity contribution in [2.75, 3.05) is 0 Å². The second-order valence-electron chi connectivity index (χ2n) is 3.78. The molecule has 0 aliphatic carbocycles. The van der Waals surface area contributed by atoms with Gasteiger partial charge in [-0.3, -0.25) is 4.79 Å². The minimum Gasteiger partial charge on any atom is -0.458 e. The van der Waals surface area contributed by atoms with Crippen molar-refractivity contribution in [2.24, 2.45) is 0 Å². The summed E-state index contributed by atoms with van der Waals surface area (Å²) in [4.78, 5) is 21.5. The van der Waals surface area contributed by atoms with Crippen LogP contribution in [0.15, 0.2) is 0 Å². The molecule has 1 amide bonds. The second-order valence-corrected chi connectivity index (χ2v) is 3.78. The van der Waals surface area contributed by atoms with Gasteiger partial charge in [-0.1, -0.05) is 6.92 Å². The highest BCUT2D eigenvalue weighted by atomic mass is 16.6. The fourth-order valence-corrected chi connectivity index (χ4v) is 0.808. The van der Waals surface area contributed by atoms with Gasteiger partial charge in [0.1, 0.15) is 11.6 Å². The van der Waals surface area contributed by atoms with Gasteiger partial charge in [-0.25, -0.2) is 4.79 Å². The Kier molecular flexibility index (Phi) is 4.45. The van der Waals surface area contributed by atoms with Crippen LogP contribution in [-0.4, -0.2) is 24.0 Å². The molecule has 0 aromatic rings. The molecule has 0 saturated carbocycles. The van der Waals surface area contributed by atoms with E-state index < -0.39 is 11.6 Å². The van der Waals surface area contributed by atoms with Gasteiger partial charge in [-0.15, -0.1) is 0 Å². The highest BCUT2D eigenvalue weighted by Gasteiger charge is 2.22. The first-order chi connectivity index (χ1) is 5.90. The van der Waals surface area contributed by atoms with Crippen LogP contribution < -0.4 is 5.32 Å². The Balaban J connectivity index is 4.13. The van der Waals surface area contributed by atoms with E-state index in [1.54, 1.807) is 20.8 Å². The van der Waals surface area contributed by atoms with Gasteiger partial charge in [0.2, 0.25) is 6.41 Å². The summed E-state index contributed by atoms with van der Waals surface area (Å²) in [5, 5.41) is 2.40. The first-order valence-corrected chi connectivity index (χ1v) is 4.33. The zero-order chi connectivity index (χ0) is 10.5. The van der Waals surface area contributed by atoms with Crippen molar-refractivity contribution in [3.63, 3.8) is 0 Å². The van der Waals surface area contributed by atoms with E-state index >= 15 is 0 Å². The number of carbonyl (C=O) groups is 2. The summed E-state index contributed by atoms with van der Waals surface area (Å²) in [5.74, 6) is -0.387. The third-order valence-corrected chi connectivity index (χ3v) is 1.37. The van der Waals surface area contributed by atoms with Crippen molar-refractivity contribution in [1.82, 2.24) is 5.32 Å². The zero-order valence-electron chi connectivity index (χ0n) is 8.59. The summed E-state index contributed by atoms with van der Waals surface area (Å²) in [7, 11) is 0. The van der Waals surface area contributed by atoms with Crippen molar-refractivity contribution in [3.05, 3.63) is 0 Å². The maximum atomic E-state index is 11.3. The van der Waals surface area contributed by atoms with Crippen LogP contribution in [0, 0.1) is 0 Å². The van der Waals surface area contributed by atoms with Gasteiger partial charge in [0.15, 0.2) is 0 Å². The number of nitrogens with one attached hydrogen (secondary N) is 1. The van der Waals surface area contributed by atoms with E-state index in [2.05, 4.69) is 5.32 Å². The molecule has 0 radical (unpaired) electrons. The minimum absolute atomic E-state index is 0.387. The lowest BCUT2D eigenvalue weighted by molar-refractivity contribution is -0.158. The van der Waals surface area contributed by atoms with Gasteiger partial charge in [-0.05, 0) is 27.2 Å². The molecule has 1 N–H and O–H groups in total. The molecule has 1 atom stereocenters. The molecule has 76 valence electrons. The molecule has 4 heteroatoms. The lowest BCUT2D eigenvalue weighted by Gasteiger charge is -2.22. The third kappa shape index (κ3) is 5.22. The van der Waals surface area contributed by atoms with Crippen molar-refractivity contribution < 1.29 is 14.3 Å². The molecule has 0 spiro atoms. The van der Waals surface area contributed by atoms with Crippen LogP contribution in [0.2, 0.25) is 0 Å². The van der Waals surface area contributed by atoms with E-state index in [4.69, 9.17) is 4.74 Å². The molecule has 0 heterocycles. The summed E-state index contributed by atoms with van der Waals surface area (Å²) in [6, 6.07) is -0.531. The SMILES string of the molecule is CCC(NC=O)C(=O)OC(C)(C)C. The predicted molar refractivity (Wildman–Crippen MR) is 49.1 cm³/mol. The predicted octanol–water partition coefficient (Wildman–Crippen LogP) is 0.853. The van der Waals surface area contributed by atoms with Gasteiger partial charge in [0.25, 0.3) is 0 Å². The van der Waals surface area contributed by atoms with Crippen LogP contribution in [0.1, 0.15) is 34.1 Å². The molecule has 0 saturated heterocycles. The molecule has 0 aromatic heterocycles. The van der Waals surface area contributed by atoms with E-state index in [1.165, 1.54) is 0 Å². The molecule has 0 aromatic carbocycles. The molecule has 0 rings (SSSR count). The first-order valence-electron chi connectivity index (χ1n) is 4.33. The minimum atomic E-state index is -0.531. The summed E-state index contributed by atoms with van der Waals surface area (Å²) in [6.45, 7) is 7.18. The van der Waals surface area contributed by atoms with Crippen LogP contribution in [0.3, 0.4) is 0 Å². The fourth-order valence-electron chi connectivity index (χ4n) is 0.808. The summed E-state index contributed by atoms with van der Waals surface area (Å²) in [5.41, 5.74) is -0.505. The molecular weight excluding hydrogens is 170 g/mol. The van der Waals surface area contributed by atoms with E-state index in [9.17, 15) is 9.59 Å². The quantitative estimate of drug-likeness (QED) is 0.524. The number of carbonyl (C=O) groups excluding carboxylic acids is 2. The maximum absolute atomic E-state index is 11.3. The molecule has 0 aliphatic heterocycles. The Hall–Kier alpha value is -1.06. The highest BCUT2D eigenvalue weighted by Crippen LogP contribution is 2.09. The van der Waals surface area contributed by atoms with Gasteiger partial charge < -0.3 is 10.1 Å². The van der Waals surface area contributed by atoms with Gasteiger partial charge in [-0.2, -0.15) is 0 Å². The second kappa shape index (κ2) is 4.84. The number of hydrogen-bond donors (Lipinski definition) is 1. The number of esters is 1. The fraction of sp³-hybridized carbons (Fsp3) is 0.778. The molecule has 4 nitrogen and oxygen atoms in total. The van der Waals surface area contributed by atoms with Crippen LogP contribution in [-0.2, 0) is 14.3 Å². The molecule has 0 bridgehead atoms. The lowest BCUT2D eigenvalue weighted by atomic mass is 10.1. The van der Waals surface area contributed by atoms with Crippen molar-refractivity contribution in [3.8, 4) is 0 Å². The van der Waals surface area contributed by atoms with Gasteiger partial charge in [0.05, 0.1) is 0 Å². The highest BCUT2D eigenvalue weighted by molar-refractivity contribution is 5.78. The average Bonchev–Trinajstić information content (AvgIpc) is 1.96. The van der Waals surface area contributed by atoms with Crippen molar-refractivity contribution in [2.45, 2.75) is 45.8 Å². The number of hydrogen-bond acceptors (Lipinski definition) is 3. The number of rotatable bonds is 4. The van der Waals surface area contributed by atoms with Gasteiger partial charge >= 0.3 is 5.97 Å². The van der Waals surface area contributed by atoms with Crippen LogP contribution in [0.4, 0.5) is 0 Å². The molecule has 0 aliphatic rings. The third-order valence-electron chi connectivity index (χ3n) is 1.37. The first kappa shape index (κ1) is 11.9. The standard InChI is InChI=1S/C9H17NO3/c1-5-7(10-6-11)8(12)13-9(2,3)4/h6-7H,5H2,1-4H3,(H,10,11). The Morgan fingerprint density at radius 3 is 2.38 bits per heavy atom. The van der Waals surface area contributed by atoms with Crippen LogP contribution in [0.5, 0.6) is 0 Å². The Labute approximate surface area is 78.6 Å². The van der Waals surface area contributed by atoms with E-state index in [0.717, 1.165) is 0 Å². The normalized spacial score (nSPS) is 13.2. The molecule has 0 fully saturated rings. The topological polar surface area (TPSA) is 55.4 Å². The zero-order valence-corrected chi connectivity index (χ0v) is 8.59. The monoisotopic (exact) mass is 187 g/mol. The molecule has 13 heavy (non-hydrogen) atoms. The molecule has 1 unspecified atom stereocenters. The van der Waals surface area contributed by atoms with Gasteiger partial charge in [0, 0.05) is 0 Å². The smallest absolute Gasteiger partial charge is 0.329 e. The summed E-state index contributed by atoms with van der Waals surface area (Å²) in [6.07, 6.45) is 1.05. The van der Waals surface area contributed by atoms with Crippen LogP contribution in [0.25, 0.3) is 0 Å². The maximum Gasteiger partial charge on any atom is 0.329 e. The largest absolute Gasteiger partial charge is 0.458 e. The van der Waals surface area contributed by atoms with E-state index in [0.29, 0.717) is 12.8 Å². The summed E-state index contributed by atoms with van der Waals surface area (Å²) >= 11 is 0. The summed E-state index contributed by atoms with van der Waals surface area (Å²) < 4.78 is 5.08. The van der Waals surface area contributed by atoms with E-state index in [1.807, 2.05) is 6.92 Å². The van der Waals surface area contributed by atoms with Crippen molar-refractivity contribution in [1.29, 1.82) is 0 Å². The average molecular weight is 187 g/mol. The van der Waals surface area contributed by atoms with Crippen LogP contribution >= 0.6 is 0 Å². The van der Waals surface area contributed by atoms with E-state index in [-0.39, 0.29) is 5.97 Å². The molecular formula is C9H17NO3. The number of ether oxygens (including phenoxy) is 1. The lowest BCUT2D eigenvalue weighted by Crippen LogP contribution is -2.40. The Morgan fingerprint density at radius 1 is 1.54 bits per heavy atom.